The van der Waals surface area contributed by atoms with Gasteiger partial charge in [-0.05, 0) is 30.5 Å². The van der Waals surface area contributed by atoms with E-state index in [9.17, 15) is 4.79 Å². The normalized spacial score (nSPS) is 15.8. The van der Waals surface area contributed by atoms with Crippen LogP contribution in [0.1, 0.15) is 48.9 Å². The number of nitrogens with one attached hydrogen (secondary N) is 1. The van der Waals surface area contributed by atoms with Crippen molar-refractivity contribution in [1.29, 1.82) is 0 Å². The van der Waals surface area contributed by atoms with Crippen molar-refractivity contribution in [3.63, 3.8) is 0 Å². The molecule has 1 aliphatic carbocycles. The van der Waals surface area contributed by atoms with Crippen LogP contribution in [0.3, 0.4) is 0 Å². The van der Waals surface area contributed by atoms with Gasteiger partial charge in [-0.25, -0.2) is 4.79 Å². The maximum Gasteiger partial charge on any atom is 0.335 e. The first-order valence-corrected chi connectivity index (χ1v) is 7.36. The number of hydrogen-bond donors (Lipinski definition) is 2. The molecule has 0 radical (unpaired) electrons. The fourth-order valence-electron chi connectivity index (χ4n) is 2.87. The molecule has 0 atom stereocenters. The monoisotopic (exact) mass is 277 g/mol. The molecule has 0 aromatic heterocycles. The summed E-state index contributed by atoms with van der Waals surface area (Å²) in [5.41, 5.74) is 1.05. The molecule has 0 heterocycles. The van der Waals surface area contributed by atoms with E-state index in [1.807, 2.05) is 0 Å². The zero-order valence-corrected chi connectivity index (χ0v) is 12.0. The van der Waals surface area contributed by atoms with E-state index in [2.05, 4.69) is 5.32 Å². The van der Waals surface area contributed by atoms with E-state index in [4.69, 9.17) is 9.84 Å². The van der Waals surface area contributed by atoms with Gasteiger partial charge in [-0.3, -0.25) is 0 Å². The molecule has 0 bridgehead atoms. The summed E-state index contributed by atoms with van der Waals surface area (Å²) in [6.45, 7) is 0.865. The summed E-state index contributed by atoms with van der Waals surface area (Å²) in [6.07, 6.45) is 7.87. The molecular weight excluding hydrogens is 254 g/mol. The van der Waals surface area contributed by atoms with Crippen LogP contribution in [0.5, 0.6) is 5.75 Å². The van der Waals surface area contributed by atoms with Crippen LogP contribution in [-0.4, -0.2) is 24.7 Å². The minimum atomic E-state index is -0.914. The van der Waals surface area contributed by atoms with Crippen LogP contribution in [-0.2, 0) is 0 Å². The third-order valence-corrected chi connectivity index (χ3v) is 4.04. The molecule has 1 saturated carbocycles. The average Bonchev–Trinajstić information content (AvgIpc) is 2.48. The van der Waals surface area contributed by atoms with Gasteiger partial charge >= 0.3 is 5.97 Å². The highest BCUT2D eigenvalue weighted by Gasteiger charge is 2.13. The van der Waals surface area contributed by atoms with Crippen molar-refractivity contribution in [3.05, 3.63) is 23.8 Å². The van der Waals surface area contributed by atoms with Crippen LogP contribution in [0.25, 0.3) is 0 Å². The second-order valence-electron chi connectivity index (χ2n) is 5.44. The van der Waals surface area contributed by atoms with E-state index < -0.39 is 5.97 Å². The van der Waals surface area contributed by atoms with Crippen LogP contribution >= 0.6 is 0 Å². The Balaban J connectivity index is 1.93. The van der Waals surface area contributed by atoms with Crippen molar-refractivity contribution in [1.82, 2.24) is 0 Å². The molecule has 0 amide bonds. The summed E-state index contributed by atoms with van der Waals surface area (Å²) in [5.74, 6) is 0.589. The van der Waals surface area contributed by atoms with Gasteiger partial charge < -0.3 is 15.2 Å². The molecule has 0 unspecified atom stereocenters. The number of ether oxygens (including phenoxy) is 1. The Morgan fingerprint density at radius 1 is 1.35 bits per heavy atom. The van der Waals surface area contributed by atoms with Crippen LogP contribution in [0.2, 0.25) is 0 Å². The van der Waals surface area contributed by atoms with Gasteiger partial charge in [0.2, 0.25) is 0 Å². The van der Waals surface area contributed by atoms with Gasteiger partial charge in [0.05, 0.1) is 18.4 Å². The topological polar surface area (TPSA) is 58.6 Å². The zero-order valence-electron chi connectivity index (χ0n) is 12.0. The van der Waals surface area contributed by atoms with Gasteiger partial charge in [-0.15, -0.1) is 0 Å². The fourth-order valence-corrected chi connectivity index (χ4v) is 2.87. The largest absolute Gasteiger partial charge is 0.495 e. The van der Waals surface area contributed by atoms with E-state index in [0.717, 1.165) is 24.6 Å². The van der Waals surface area contributed by atoms with Crippen LogP contribution in [0.15, 0.2) is 18.2 Å². The third-order valence-electron chi connectivity index (χ3n) is 4.04. The van der Waals surface area contributed by atoms with Crippen LogP contribution in [0, 0.1) is 5.92 Å². The quantitative estimate of drug-likeness (QED) is 0.831. The lowest BCUT2D eigenvalue weighted by Gasteiger charge is -2.22. The first-order valence-electron chi connectivity index (χ1n) is 7.36. The van der Waals surface area contributed by atoms with E-state index in [1.54, 1.807) is 25.3 Å². The van der Waals surface area contributed by atoms with Crippen molar-refractivity contribution in [2.75, 3.05) is 19.0 Å². The molecule has 4 heteroatoms. The van der Waals surface area contributed by atoms with Gasteiger partial charge in [-0.1, -0.05) is 32.1 Å². The minimum Gasteiger partial charge on any atom is -0.495 e. The first kappa shape index (κ1) is 14.7. The smallest absolute Gasteiger partial charge is 0.335 e. The molecule has 1 aromatic rings. The molecule has 0 spiro atoms. The van der Waals surface area contributed by atoms with Gasteiger partial charge in [0, 0.05) is 6.54 Å². The Kier molecular flexibility index (Phi) is 5.27. The Bertz CT molecular complexity index is 453. The maximum atomic E-state index is 11.0. The highest BCUT2D eigenvalue weighted by molar-refractivity contribution is 5.89. The molecule has 110 valence electrons. The number of rotatable bonds is 6. The maximum absolute atomic E-state index is 11.0. The SMILES string of the molecule is COc1ccc(C(=O)O)cc1NCCC1CCCCC1. The number of carboxylic acid groups (broad SMARTS) is 1. The molecule has 1 aliphatic rings. The molecule has 1 aromatic carbocycles. The molecule has 0 saturated heterocycles. The highest BCUT2D eigenvalue weighted by atomic mass is 16.5. The summed E-state index contributed by atoms with van der Waals surface area (Å²) in [4.78, 5) is 11.0. The van der Waals surface area contributed by atoms with Crippen molar-refractivity contribution < 1.29 is 14.6 Å². The summed E-state index contributed by atoms with van der Waals surface area (Å²) in [6, 6.07) is 4.90. The highest BCUT2D eigenvalue weighted by Crippen LogP contribution is 2.28. The first-order chi connectivity index (χ1) is 9.70. The van der Waals surface area contributed by atoms with E-state index in [0.29, 0.717) is 5.75 Å². The van der Waals surface area contributed by atoms with E-state index >= 15 is 0 Å². The van der Waals surface area contributed by atoms with Crippen molar-refractivity contribution in [3.8, 4) is 5.75 Å². The van der Waals surface area contributed by atoms with Gasteiger partial charge in [0.15, 0.2) is 0 Å². The molecule has 0 aliphatic heterocycles. The van der Waals surface area contributed by atoms with Gasteiger partial charge in [0.1, 0.15) is 5.75 Å². The Labute approximate surface area is 120 Å². The molecule has 4 nitrogen and oxygen atoms in total. The van der Waals surface area contributed by atoms with Gasteiger partial charge in [0.25, 0.3) is 0 Å². The van der Waals surface area contributed by atoms with Crippen molar-refractivity contribution >= 4 is 11.7 Å². The number of hydrogen-bond acceptors (Lipinski definition) is 3. The lowest BCUT2D eigenvalue weighted by atomic mass is 9.87. The van der Waals surface area contributed by atoms with E-state index in [-0.39, 0.29) is 5.56 Å². The summed E-state index contributed by atoms with van der Waals surface area (Å²) in [7, 11) is 1.60. The molecule has 1 fully saturated rings. The number of methoxy groups -OCH3 is 1. The second kappa shape index (κ2) is 7.17. The van der Waals surface area contributed by atoms with E-state index in [1.165, 1.54) is 32.1 Å². The lowest BCUT2D eigenvalue weighted by Crippen LogP contribution is -2.13. The number of carboxylic acids is 1. The molecule has 20 heavy (non-hydrogen) atoms. The second-order valence-corrected chi connectivity index (χ2v) is 5.44. The summed E-state index contributed by atoms with van der Waals surface area (Å²) >= 11 is 0. The van der Waals surface area contributed by atoms with Crippen molar-refractivity contribution in [2.45, 2.75) is 38.5 Å². The number of carbonyl (C=O) groups is 1. The number of aromatic carboxylic acids is 1. The fraction of sp³-hybridized carbons (Fsp3) is 0.562. The third kappa shape index (κ3) is 3.89. The molecule has 2 N–H and O–H groups in total. The predicted molar refractivity (Wildman–Crippen MR) is 79.6 cm³/mol. The summed E-state index contributed by atoms with van der Waals surface area (Å²) < 4.78 is 5.27. The average molecular weight is 277 g/mol. The van der Waals surface area contributed by atoms with Crippen molar-refractivity contribution in [2.24, 2.45) is 5.92 Å². The molecular formula is C16H23NO3. The van der Waals surface area contributed by atoms with Crippen LogP contribution in [0.4, 0.5) is 5.69 Å². The molecule has 2 rings (SSSR count). The van der Waals surface area contributed by atoms with Crippen LogP contribution < -0.4 is 10.1 Å². The predicted octanol–water partition coefficient (Wildman–Crippen LogP) is 3.78. The number of benzene rings is 1. The number of anilines is 1. The lowest BCUT2D eigenvalue weighted by molar-refractivity contribution is 0.0697. The van der Waals surface area contributed by atoms with Gasteiger partial charge in [-0.2, -0.15) is 0 Å². The Hall–Kier alpha value is -1.71. The summed E-state index contributed by atoms with van der Waals surface area (Å²) in [5, 5.41) is 12.4. The minimum absolute atomic E-state index is 0.283. The Morgan fingerprint density at radius 3 is 2.75 bits per heavy atom. The zero-order chi connectivity index (χ0) is 14.4. The Morgan fingerprint density at radius 2 is 2.10 bits per heavy atom. The standard InChI is InChI=1S/C16H23NO3/c1-20-15-8-7-13(16(18)19)11-14(15)17-10-9-12-5-3-2-4-6-12/h7-8,11-12,17H,2-6,9-10H2,1H3,(H,18,19).